The molecule has 0 radical (unpaired) electrons. The van der Waals surface area contributed by atoms with Crippen LogP contribution in [0, 0.1) is 5.92 Å². The number of hydrogen-bond acceptors (Lipinski definition) is 3. The van der Waals surface area contributed by atoms with Gasteiger partial charge in [-0.3, -0.25) is 0 Å². The molecule has 1 fully saturated rings. The Labute approximate surface area is 140 Å². The minimum atomic E-state index is -0.433. The van der Waals surface area contributed by atoms with E-state index < -0.39 is 5.60 Å². The van der Waals surface area contributed by atoms with Gasteiger partial charge in [0.15, 0.2) is 0 Å². The first-order chi connectivity index (χ1) is 10.8. The zero-order valence-electron chi connectivity index (χ0n) is 15.0. The fraction of sp³-hybridized carbons (Fsp3) is 0.632. The van der Waals surface area contributed by atoms with Crippen molar-refractivity contribution in [2.75, 3.05) is 13.1 Å². The molecule has 1 heterocycles. The van der Waals surface area contributed by atoms with Crippen LogP contribution in [0.4, 0.5) is 4.79 Å². The lowest BCUT2D eigenvalue weighted by atomic mass is 9.92. The molecular formula is C19H30N2O2. The van der Waals surface area contributed by atoms with Gasteiger partial charge in [0.1, 0.15) is 5.60 Å². The summed E-state index contributed by atoms with van der Waals surface area (Å²) in [5, 5.41) is 3.71. The van der Waals surface area contributed by atoms with E-state index in [1.54, 1.807) is 0 Å². The highest BCUT2D eigenvalue weighted by atomic mass is 16.6. The molecule has 0 aliphatic carbocycles. The number of carbonyl (C=O) groups is 1. The van der Waals surface area contributed by atoms with Crippen LogP contribution in [0.3, 0.4) is 0 Å². The van der Waals surface area contributed by atoms with Gasteiger partial charge in [-0.2, -0.15) is 0 Å². The van der Waals surface area contributed by atoms with E-state index in [9.17, 15) is 4.79 Å². The fourth-order valence-electron chi connectivity index (χ4n) is 3.04. The first-order valence-corrected chi connectivity index (χ1v) is 8.55. The molecule has 1 aliphatic rings. The second-order valence-corrected chi connectivity index (χ2v) is 7.60. The Kier molecular flexibility index (Phi) is 5.69. The molecular weight excluding hydrogens is 288 g/mol. The topological polar surface area (TPSA) is 41.6 Å². The number of likely N-dealkylation sites (tertiary alicyclic amines) is 1. The normalized spacial score (nSPS) is 23.4. The van der Waals surface area contributed by atoms with Gasteiger partial charge in [0.25, 0.3) is 0 Å². The highest BCUT2D eigenvalue weighted by Crippen LogP contribution is 2.22. The van der Waals surface area contributed by atoms with E-state index in [2.05, 4.69) is 43.4 Å². The zero-order chi connectivity index (χ0) is 17.0. The van der Waals surface area contributed by atoms with Gasteiger partial charge >= 0.3 is 6.09 Å². The molecule has 3 atom stereocenters. The predicted molar refractivity (Wildman–Crippen MR) is 93.4 cm³/mol. The summed E-state index contributed by atoms with van der Waals surface area (Å²) >= 11 is 0. The minimum absolute atomic E-state index is 0.195. The van der Waals surface area contributed by atoms with Crippen molar-refractivity contribution in [3.8, 4) is 0 Å². The molecule has 1 aromatic rings. The van der Waals surface area contributed by atoms with Crippen LogP contribution in [0.15, 0.2) is 30.3 Å². The molecule has 0 bridgehead atoms. The molecule has 128 valence electrons. The van der Waals surface area contributed by atoms with E-state index in [4.69, 9.17) is 4.74 Å². The summed E-state index contributed by atoms with van der Waals surface area (Å²) in [5.41, 5.74) is 0.867. The maximum Gasteiger partial charge on any atom is 0.410 e. The van der Waals surface area contributed by atoms with Gasteiger partial charge in [0, 0.05) is 25.2 Å². The quantitative estimate of drug-likeness (QED) is 0.916. The summed E-state index contributed by atoms with van der Waals surface area (Å²) in [7, 11) is 0. The maximum atomic E-state index is 12.2. The standard InChI is InChI=1S/C19H30N2O2/c1-14-13-21(18(22)23-19(3,4)5)12-11-17(14)20-15(2)16-9-7-6-8-10-16/h6-10,14-15,17,20H,11-13H2,1-5H3. The predicted octanol–water partition coefficient (Wildman–Crippen LogP) is 3.98. The number of benzene rings is 1. The molecule has 4 heteroatoms. The van der Waals surface area contributed by atoms with Crippen molar-refractivity contribution in [1.82, 2.24) is 10.2 Å². The van der Waals surface area contributed by atoms with Crippen LogP contribution in [0.2, 0.25) is 0 Å². The average molecular weight is 318 g/mol. The molecule has 0 aromatic heterocycles. The summed E-state index contributed by atoms with van der Waals surface area (Å²) < 4.78 is 5.48. The second kappa shape index (κ2) is 7.35. The number of piperidine rings is 1. The number of ether oxygens (including phenoxy) is 1. The number of carbonyl (C=O) groups excluding carboxylic acids is 1. The lowest BCUT2D eigenvalue weighted by Crippen LogP contribution is -2.51. The molecule has 1 aromatic carbocycles. The number of amides is 1. The van der Waals surface area contributed by atoms with Crippen LogP contribution in [-0.2, 0) is 4.74 Å². The van der Waals surface area contributed by atoms with Crippen molar-refractivity contribution < 1.29 is 9.53 Å². The van der Waals surface area contributed by atoms with Crippen molar-refractivity contribution in [3.05, 3.63) is 35.9 Å². The molecule has 1 amide bonds. The number of rotatable bonds is 3. The van der Waals surface area contributed by atoms with E-state index >= 15 is 0 Å². The molecule has 0 spiro atoms. The van der Waals surface area contributed by atoms with Gasteiger partial charge in [0.2, 0.25) is 0 Å². The zero-order valence-corrected chi connectivity index (χ0v) is 15.0. The molecule has 1 aliphatic heterocycles. The minimum Gasteiger partial charge on any atom is -0.444 e. The Morgan fingerprint density at radius 3 is 2.52 bits per heavy atom. The van der Waals surface area contributed by atoms with E-state index in [-0.39, 0.29) is 6.09 Å². The second-order valence-electron chi connectivity index (χ2n) is 7.60. The van der Waals surface area contributed by atoms with Crippen LogP contribution >= 0.6 is 0 Å². The van der Waals surface area contributed by atoms with Gasteiger partial charge in [-0.1, -0.05) is 37.3 Å². The van der Waals surface area contributed by atoms with E-state index in [1.165, 1.54) is 5.56 Å². The van der Waals surface area contributed by atoms with Crippen LogP contribution < -0.4 is 5.32 Å². The van der Waals surface area contributed by atoms with Gasteiger partial charge in [-0.25, -0.2) is 4.79 Å². The Morgan fingerprint density at radius 2 is 1.96 bits per heavy atom. The van der Waals surface area contributed by atoms with Crippen molar-refractivity contribution in [1.29, 1.82) is 0 Å². The molecule has 0 saturated carbocycles. The molecule has 3 unspecified atom stereocenters. The van der Waals surface area contributed by atoms with E-state index in [0.29, 0.717) is 18.0 Å². The van der Waals surface area contributed by atoms with Crippen molar-refractivity contribution in [3.63, 3.8) is 0 Å². The van der Waals surface area contributed by atoms with Gasteiger partial charge in [0.05, 0.1) is 0 Å². The Bertz CT molecular complexity index is 510. The van der Waals surface area contributed by atoms with Crippen LogP contribution in [0.25, 0.3) is 0 Å². The third kappa shape index (κ3) is 5.24. The molecule has 1 saturated heterocycles. The van der Waals surface area contributed by atoms with E-state index in [1.807, 2.05) is 31.7 Å². The fourth-order valence-corrected chi connectivity index (χ4v) is 3.04. The maximum absolute atomic E-state index is 12.2. The Morgan fingerprint density at radius 1 is 1.30 bits per heavy atom. The summed E-state index contributed by atoms with van der Waals surface area (Å²) in [4.78, 5) is 14.0. The van der Waals surface area contributed by atoms with Crippen molar-refractivity contribution in [2.45, 2.75) is 58.7 Å². The monoisotopic (exact) mass is 318 g/mol. The number of hydrogen-bond donors (Lipinski definition) is 1. The highest BCUT2D eigenvalue weighted by Gasteiger charge is 2.31. The third-order valence-electron chi connectivity index (χ3n) is 4.32. The van der Waals surface area contributed by atoms with Crippen LogP contribution in [-0.4, -0.2) is 35.7 Å². The smallest absolute Gasteiger partial charge is 0.410 e. The summed E-state index contributed by atoms with van der Waals surface area (Å²) in [5.74, 6) is 0.405. The average Bonchev–Trinajstić information content (AvgIpc) is 2.48. The van der Waals surface area contributed by atoms with Gasteiger partial charge in [-0.15, -0.1) is 0 Å². The lowest BCUT2D eigenvalue weighted by Gasteiger charge is -2.39. The summed E-state index contributed by atoms with van der Waals surface area (Å²) in [6, 6.07) is 11.2. The van der Waals surface area contributed by atoms with Gasteiger partial charge < -0.3 is 15.0 Å². The van der Waals surface area contributed by atoms with Crippen LogP contribution in [0.1, 0.15) is 52.6 Å². The largest absolute Gasteiger partial charge is 0.444 e. The molecule has 4 nitrogen and oxygen atoms in total. The third-order valence-corrected chi connectivity index (χ3v) is 4.32. The summed E-state index contributed by atoms with van der Waals surface area (Å²) in [6.45, 7) is 11.6. The van der Waals surface area contributed by atoms with Crippen molar-refractivity contribution in [2.24, 2.45) is 5.92 Å². The number of nitrogens with one attached hydrogen (secondary N) is 1. The first kappa shape index (κ1) is 17.8. The molecule has 23 heavy (non-hydrogen) atoms. The Balaban J connectivity index is 1.88. The molecule has 2 rings (SSSR count). The highest BCUT2D eigenvalue weighted by molar-refractivity contribution is 5.68. The first-order valence-electron chi connectivity index (χ1n) is 8.55. The van der Waals surface area contributed by atoms with Crippen molar-refractivity contribution >= 4 is 6.09 Å². The summed E-state index contributed by atoms with van der Waals surface area (Å²) in [6.07, 6.45) is 0.760. The Hall–Kier alpha value is -1.55. The lowest BCUT2D eigenvalue weighted by molar-refractivity contribution is 0.0139. The van der Waals surface area contributed by atoms with Crippen LogP contribution in [0.5, 0.6) is 0 Å². The number of nitrogens with zero attached hydrogens (tertiary/aromatic N) is 1. The van der Waals surface area contributed by atoms with Gasteiger partial charge in [-0.05, 0) is 45.6 Å². The SMILES string of the molecule is CC(NC1CCN(C(=O)OC(C)(C)C)CC1C)c1ccccc1. The van der Waals surface area contributed by atoms with E-state index in [0.717, 1.165) is 19.5 Å². The molecule has 1 N–H and O–H groups in total.